The van der Waals surface area contributed by atoms with Gasteiger partial charge in [0.15, 0.2) is 5.78 Å². The first-order valence-electron chi connectivity index (χ1n) is 12.4. The summed E-state index contributed by atoms with van der Waals surface area (Å²) in [6.07, 6.45) is 6.71. The van der Waals surface area contributed by atoms with Crippen molar-refractivity contribution in [2.24, 2.45) is 13.0 Å². The average molecular weight is 479 g/mol. The average Bonchev–Trinajstić information content (AvgIpc) is 3.64. The number of rotatable bonds is 4. The van der Waals surface area contributed by atoms with Crippen LogP contribution in [-0.2, 0) is 33.0 Å². The Morgan fingerprint density at radius 2 is 2.00 bits per heavy atom. The largest absolute Gasteiger partial charge is 0.472 e. The molecule has 1 amide bonds. The molecule has 0 saturated heterocycles. The number of nitrogens with zero attached hydrogens (tertiary/aromatic N) is 3. The molecule has 7 heteroatoms. The molecule has 0 radical (unpaired) electrons. The monoisotopic (exact) mass is 478 g/mol. The van der Waals surface area contributed by atoms with E-state index in [1.807, 2.05) is 30.1 Å². The molecule has 3 aromatic heterocycles. The lowest BCUT2D eigenvalue weighted by molar-refractivity contribution is 0.0965. The molecule has 0 saturated carbocycles. The summed E-state index contributed by atoms with van der Waals surface area (Å²) >= 11 is 0. The maximum Gasteiger partial charge on any atom is 0.252 e. The van der Waals surface area contributed by atoms with Crippen LogP contribution in [0, 0.1) is 5.92 Å². The molecule has 36 heavy (non-hydrogen) atoms. The van der Waals surface area contributed by atoms with Crippen LogP contribution in [0.4, 0.5) is 0 Å². The Morgan fingerprint density at radius 1 is 1.14 bits per heavy atom. The minimum Gasteiger partial charge on any atom is -0.472 e. The number of carbonyl (C=O) groups is 2. The van der Waals surface area contributed by atoms with Gasteiger partial charge < -0.3 is 14.3 Å². The highest BCUT2D eigenvalue weighted by Gasteiger charge is 2.35. The summed E-state index contributed by atoms with van der Waals surface area (Å²) in [5.74, 6) is 0.326. The van der Waals surface area contributed by atoms with Crippen molar-refractivity contribution in [3.63, 3.8) is 0 Å². The number of benzene rings is 2. The smallest absolute Gasteiger partial charge is 0.252 e. The fourth-order valence-corrected chi connectivity index (χ4v) is 6.17. The van der Waals surface area contributed by atoms with Crippen molar-refractivity contribution in [2.45, 2.75) is 39.8 Å². The second-order valence-corrected chi connectivity index (χ2v) is 10.4. The zero-order valence-corrected chi connectivity index (χ0v) is 20.5. The first kappa shape index (κ1) is 21.2. The van der Waals surface area contributed by atoms with Gasteiger partial charge in [-0.3, -0.25) is 14.3 Å². The Hall–Kier alpha value is -4.13. The number of furan rings is 1. The topological polar surface area (TPSA) is 82.1 Å². The van der Waals surface area contributed by atoms with Crippen molar-refractivity contribution >= 4 is 33.5 Å². The molecule has 0 bridgehead atoms. The number of fused-ring (bicyclic) bond motifs is 10. The number of aryl methyl sites for hydroxylation is 3. The summed E-state index contributed by atoms with van der Waals surface area (Å²) < 4.78 is 9.41. The third-order valence-corrected chi connectivity index (χ3v) is 7.54. The van der Waals surface area contributed by atoms with Gasteiger partial charge in [-0.1, -0.05) is 13.8 Å². The Labute approximate surface area is 207 Å². The van der Waals surface area contributed by atoms with Gasteiger partial charge in [-0.15, -0.1) is 0 Å². The molecule has 0 fully saturated rings. The number of carbonyl (C=O) groups excluding carboxylic acids is 2. The second kappa shape index (κ2) is 7.43. The predicted octanol–water partition coefficient (Wildman–Crippen LogP) is 5.02. The minimum atomic E-state index is -0.0702. The van der Waals surface area contributed by atoms with E-state index in [-0.39, 0.29) is 11.7 Å². The van der Waals surface area contributed by atoms with Gasteiger partial charge in [0.2, 0.25) is 0 Å². The third kappa shape index (κ3) is 2.83. The molecule has 1 N–H and O–H groups in total. The lowest BCUT2D eigenvalue weighted by Crippen LogP contribution is -2.15. The predicted molar refractivity (Wildman–Crippen MR) is 137 cm³/mol. The summed E-state index contributed by atoms with van der Waals surface area (Å²) in [7, 11) is 1.94. The van der Waals surface area contributed by atoms with Crippen LogP contribution in [0.5, 0.6) is 0 Å². The van der Waals surface area contributed by atoms with Crippen LogP contribution in [0.3, 0.4) is 0 Å². The fourth-order valence-electron chi connectivity index (χ4n) is 6.17. The summed E-state index contributed by atoms with van der Waals surface area (Å²) in [5, 5.41) is 9.88. The highest BCUT2D eigenvalue weighted by Crippen LogP contribution is 2.47. The number of aromatic nitrogens is 3. The lowest BCUT2D eigenvalue weighted by atomic mass is 9.82. The van der Waals surface area contributed by atoms with Crippen molar-refractivity contribution in [1.29, 1.82) is 0 Å². The molecule has 7 rings (SSSR count). The fraction of sp³-hybridized carbons (Fsp3) is 0.276. The Morgan fingerprint density at radius 3 is 2.78 bits per heavy atom. The molecule has 1 aliphatic carbocycles. The van der Waals surface area contributed by atoms with Crippen LogP contribution in [-0.4, -0.2) is 26.0 Å². The van der Waals surface area contributed by atoms with Gasteiger partial charge in [0, 0.05) is 59.3 Å². The van der Waals surface area contributed by atoms with Gasteiger partial charge in [0.25, 0.3) is 5.91 Å². The van der Waals surface area contributed by atoms with Crippen molar-refractivity contribution in [3.8, 4) is 11.1 Å². The van der Waals surface area contributed by atoms with E-state index in [9.17, 15) is 9.59 Å². The standard InChI is InChI=1S/C29H26N4O3/c1-15(2)12-33-23-7-4-16(28(34)17-8-9-36-14-17)10-19(23)25-20-11-30-29(35)26(20)24-18(27(25)33)5-6-22-21(24)13-32(3)31-22/h4,7-10,13-15H,5-6,11-12H2,1-3H3,(H,30,35). The van der Waals surface area contributed by atoms with Gasteiger partial charge in [-0.2, -0.15) is 5.10 Å². The van der Waals surface area contributed by atoms with Crippen LogP contribution in [0.1, 0.15) is 56.9 Å². The summed E-state index contributed by atoms with van der Waals surface area (Å²) in [5.41, 5.74) is 9.56. The molecule has 2 aliphatic rings. The van der Waals surface area contributed by atoms with E-state index >= 15 is 0 Å². The van der Waals surface area contributed by atoms with Gasteiger partial charge in [0.1, 0.15) is 6.26 Å². The summed E-state index contributed by atoms with van der Waals surface area (Å²) in [6, 6.07) is 7.66. The van der Waals surface area contributed by atoms with Crippen molar-refractivity contribution in [1.82, 2.24) is 19.7 Å². The SMILES string of the molecule is CC(C)Cn1c2ccc(C(=O)c3ccoc3)cc2c2c3c(c4c(c21)CCc1nn(C)cc1-4)C(=O)NC3. The molecule has 4 heterocycles. The van der Waals surface area contributed by atoms with E-state index in [4.69, 9.17) is 4.42 Å². The van der Waals surface area contributed by atoms with E-state index in [0.717, 1.165) is 63.6 Å². The highest BCUT2D eigenvalue weighted by molar-refractivity contribution is 6.21. The Kier molecular flexibility index (Phi) is 4.37. The summed E-state index contributed by atoms with van der Waals surface area (Å²) in [4.78, 5) is 26.4. The van der Waals surface area contributed by atoms with Gasteiger partial charge >= 0.3 is 0 Å². The number of nitrogens with one attached hydrogen (secondary N) is 1. The van der Waals surface area contributed by atoms with Crippen LogP contribution in [0.2, 0.25) is 0 Å². The number of amides is 1. The van der Waals surface area contributed by atoms with E-state index < -0.39 is 0 Å². The number of ketones is 1. The molecule has 180 valence electrons. The van der Waals surface area contributed by atoms with Crippen LogP contribution in [0.25, 0.3) is 32.9 Å². The van der Waals surface area contributed by atoms with Crippen LogP contribution < -0.4 is 5.32 Å². The van der Waals surface area contributed by atoms with Gasteiger partial charge in [-0.05, 0) is 54.2 Å². The van der Waals surface area contributed by atoms with E-state index in [0.29, 0.717) is 23.6 Å². The van der Waals surface area contributed by atoms with Crippen molar-refractivity contribution in [3.05, 3.63) is 76.5 Å². The summed E-state index contributed by atoms with van der Waals surface area (Å²) in [6.45, 7) is 5.77. The van der Waals surface area contributed by atoms with Gasteiger partial charge in [-0.25, -0.2) is 0 Å². The molecule has 2 aromatic carbocycles. The Bertz CT molecular complexity index is 1730. The molecule has 1 aliphatic heterocycles. The Balaban J connectivity index is 1.61. The molecule has 7 nitrogen and oxygen atoms in total. The zero-order chi connectivity index (χ0) is 24.7. The van der Waals surface area contributed by atoms with E-state index in [1.54, 1.807) is 6.07 Å². The molecule has 0 unspecified atom stereocenters. The van der Waals surface area contributed by atoms with E-state index in [1.165, 1.54) is 23.6 Å². The maximum absolute atomic E-state index is 13.2. The molecular formula is C29H26N4O3. The van der Waals surface area contributed by atoms with Crippen LogP contribution >= 0.6 is 0 Å². The van der Waals surface area contributed by atoms with Crippen molar-refractivity contribution in [2.75, 3.05) is 0 Å². The van der Waals surface area contributed by atoms with Crippen molar-refractivity contribution < 1.29 is 14.0 Å². The maximum atomic E-state index is 13.2. The third-order valence-electron chi connectivity index (χ3n) is 7.54. The second-order valence-electron chi connectivity index (χ2n) is 10.4. The first-order valence-corrected chi connectivity index (χ1v) is 12.4. The molecule has 0 spiro atoms. The zero-order valence-electron chi connectivity index (χ0n) is 20.5. The molecule has 0 atom stereocenters. The minimum absolute atomic E-state index is 0.0322. The normalized spacial score (nSPS) is 14.4. The van der Waals surface area contributed by atoms with Crippen LogP contribution in [0.15, 0.2) is 47.4 Å². The number of hydrogen-bond donors (Lipinski definition) is 1. The molecule has 5 aromatic rings. The lowest BCUT2D eigenvalue weighted by Gasteiger charge is -2.22. The first-order chi connectivity index (χ1) is 17.4. The quantitative estimate of drug-likeness (QED) is 0.368. The molecular weight excluding hydrogens is 452 g/mol. The van der Waals surface area contributed by atoms with Gasteiger partial charge in [0.05, 0.1) is 28.6 Å². The number of hydrogen-bond acceptors (Lipinski definition) is 4. The highest BCUT2D eigenvalue weighted by atomic mass is 16.3. The van der Waals surface area contributed by atoms with E-state index in [2.05, 4.69) is 34.9 Å².